The molecule has 2 rings (SSSR count). The molecular formula is C17H34N2S. The van der Waals surface area contributed by atoms with Gasteiger partial charge in [0.2, 0.25) is 0 Å². The fourth-order valence-corrected chi connectivity index (χ4v) is 5.44. The van der Waals surface area contributed by atoms with Gasteiger partial charge in [0.25, 0.3) is 0 Å². The first-order valence-corrected chi connectivity index (χ1v) is 9.33. The Bertz CT molecular complexity index is 303. The maximum Gasteiger partial charge on any atom is 0.0149 e. The monoisotopic (exact) mass is 298 g/mol. The molecule has 3 heteroatoms. The van der Waals surface area contributed by atoms with Crippen molar-refractivity contribution in [3.63, 3.8) is 0 Å². The second-order valence-corrected chi connectivity index (χ2v) is 10.2. The number of hydrogen-bond donors (Lipinski definition) is 1. The molecule has 118 valence electrons. The quantitative estimate of drug-likeness (QED) is 0.844. The van der Waals surface area contributed by atoms with Crippen LogP contribution in [-0.2, 0) is 0 Å². The molecule has 2 fully saturated rings. The van der Waals surface area contributed by atoms with Crippen LogP contribution in [0.15, 0.2) is 0 Å². The Balaban J connectivity index is 1.93. The van der Waals surface area contributed by atoms with Crippen LogP contribution < -0.4 is 5.73 Å². The molecule has 1 saturated heterocycles. The lowest BCUT2D eigenvalue weighted by Gasteiger charge is -2.44. The maximum atomic E-state index is 6.44. The predicted octanol–water partition coefficient (Wildman–Crippen LogP) is 3.60. The first kappa shape index (κ1) is 16.6. The highest BCUT2D eigenvalue weighted by molar-refractivity contribution is 8.00. The topological polar surface area (TPSA) is 29.3 Å². The summed E-state index contributed by atoms with van der Waals surface area (Å²) < 4.78 is 0. The van der Waals surface area contributed by atoms with E-state index in [9.17, 15) is 0 Å². The number of thioether (sulfide) groups is 1. The van der Waals surface area contributed by atoms with Crippen molar-refractivity contribution in [1.29, 1.82) is 0 Å². The van der Waals surface area contributed by atoms with Gasteiger partial charge >= 0.3 is 0 Å². The van der Waals surface area contributed by atoms with Crippen LogP contribution in [0.3, 0.4) is 0 Å². The lowest BCUT2D eigenvalue weighted by molar-refractivity contribution is 0.0984. The Morgan fingerprint density at radius 2 is 1.70 bits per heavy atom. The van der Waals surface area contributed by atoms with Crippen molar-refractivity contribution in [1.82, 2.24) is 4.90 Å². The number of nitrogens with zero attached hydrogens (tertiary/aromatic N) is 1. The molecule has 20 heavy (non-hydrogen) atoms. The molecule has 1 aliphatic heterocycles. The summed E-state index contributed by atoms with van der Waals surface area (Å²) in [7, 11) is 0. The van der Waals surface area contributed by atoms with Crippen LogP contribution in [-0.4, -0.2) is 41.1 Å². The highest BCUT2D eigenvalue weighted by Crippen LogP contribution is 2.40. The van der Waals surface area contributed by atoms with Gasteiger partial charge in [0.1, 0.15) is 0 Å². The van der Waals surface area contributed by atoms with Crippen molar-refractivity contribution in [2.24, 2.45) is 23.0 Å². The van der Waals surface area contributed by atoms with Gasteiger partial charge in [-0.05, 0) is 36.5 Å². The minimum Gasteiger partial charge on any atom is -0.327 e. The van der Waals surface area contributed by atoms with E-state index in [1.165, 1.54) is 38.9 Å². The predicted molar refractivity (Wildman–Crippen MR) is 91.2 cm³/mol. The maximum absolute atomic E-state index is 6.44. The lowest BCUT2D eigenvalue weighted by atomic mass is 9.67. The molecule has 2 N–H and O–H groups in total. The highest BCUT2D eigenvalue weighted by Gasteiger charge is 2.36. The molecule has 5 unspecified atom stereocenters. The summed E-state index contributed by atoms with van der Waals surface area (Å²) in [6.07, 6.45) is 3.88. The number of rotatable bonds is 2. The summed E-state index contributed by atoms with van der Waals surface area (Å²) >= 11 is 2.14. The van der Waals surface area contributed by atoms with Crippen LogP contribution in [0.1, 0.15) is 53.9 Å². The van der Waals surface area contributed by atoms with E-state index in [0.717, 1.165) is 16.4 Å². The van der Waals surface area contributed by atoms with Crippen molar-refractivity contribution >= 4 is 11.8 Å². The van der Waals surface area contributed by atoms with Crippen LogP contribution in [0.25, 0.3) is 0 Å². The molecule has 0 aromatic carbocycles. The molecule has 1 saturated carbocycles. The van der Waals surface area contributed by atoms with Crippen molar-refractivity contribution in [3.05, 3.63) is 0 Å². The standard InChI is InChI=1S/C17H34N2S/c1-12-9-19(10-13(2)20-12)11-14-8-15(17(3,4)5)6-7-16(14)18/h12-16H,6-11,18H2,1-5H3. The molecule has 1 aliphatic carbocycles. The van der Waals surface area contributed by atoms with Gasteiger partial charge in [-0.2, -0.15) is 11.8 Å². The SMILES string of the molecule is CC1CN(CC2CC(C(C)(C)C)CCC2N)CC(C)S1. The van der Waals surface area contributed by atoms with E-state index < -0.39 is 0 Å². The molecule has 0 aromatic rings. The Hall–Kier alpha value is 0.270. The molecule has 0 aromatic heterocycles. The van der Waals surface area contributed by atoms with E-state index in [1.54, 1.807) is 0 Å². The van der Waals surface area contributed by atoms with Crippen LogP contribution in [0.4, 0.5) is 0 Å². The molecule has 2 nitrogen and oxygen atoms in total. The third-order valence-electron chi connectivity index (χ3n) is 5.25. The molecule has 5 atom stereocenters. The fourth-order valence-electron chi connectivity index (χ4n) is 4.05. The highest BCUT2D eigenvalue weighted by atomic mass is 32.2. The van der Waals surface area contributed by atoms with Crippen LogP contribution in [0.2, 0.25) is 0 Å². The second kappa shape index (κ2) is 6.58. The van der Waals surface area contributed by atoms with E-state index in [1.807, 2.05) is 0 Å². The van der Waals surface area contributed by atoms with E-state index in [0.29, 0.717) is 17.4 Å². The van der Waals surface area contributed by atoms with Crippen LogP contribution in [0.5, 0.6) is 0 Å². The molecular weight excluding hydrogens is 264 g/mol. The number of hydrogen-bond acceptors (Lipinski definition) is 3. The normalized spacial score (nSPS) is 40.8. The molecule has 0 amide bonds. The van der Waals surface area contributed by atoms with Crippen molar-refractivity contribution < 1.29 is 0 Å². The van der Waals surface area contributed by atoms with Crippen molar-refractivity contribution in [2.75, 3.05) is 19.6 Å². The molecule has 1 heterocycles. The minimum absolute atomic E-state index is 0.425. The Morgan fingerprint density at radius 1 is 1.10 bits per heavy atom. The van der Waals surface area contributed by atoms with E-state index in [-0.39, 0.29) is 0 Å². The lowest BCUT2D eigenvalue weighted by Crippen LogP contribution is -2.49. The zero-order valence-corrected chi connectivity index (χ0v) is 14.9. The molecule has 0 bridgehead atoms. The number of nitrogens with two attached hydrogens (primary N) is 1. The molecule has 0 spiro atoms. The summed E-state index contributed by atoms with van der Waals surface area (Å²) in [5, 5.41) is 1.55. The molecule has 0 radical (unpaired) electrons. The smallest absolute Gasteiger partial charge is 0.0149 e. The van der Waals surface area contributed by atoms with Gasteiger partial charge in [0, 0.05) is 36.2 Å². The zero-order valence-electron chi connectivity index (χ0n) is 14.1. The zero-order chi connectivity index (χ0) is 14.9. The fraction of sp³-hybridized carbons (Fsp3) is 1.00. The third kappa shape index (κ3) is 4.38. The summed E-state index contributed by atoms with van der Waals surface area (Å²) in [6.45, 7) is 15.6. The average molecular weight is 299 g/mol. The van der Waals surface area contributed by atoms with Gasteiger partial charge in [0.15, 0.2) is 0 Å². The third-order valence-corrected chi connectivity index (χ3v) is 6.48. The van der Waals surface area contributed by atoms with Crippen molar-refractivity contribution in [2.45, 2.75) is 70.4 Å². The van der Waals surface area contributed by atoms with E-state index >= 15 is 0 Å². The van der Waals surface area contributed by atoms with Crippen molar-refractivity contribution in [3.8, 4) is 0 Å². The van der Waals surface area contributed by atoms with Crippen LogP contribution in [0, 0.1) is 17.3 Å². The van der Waals surface area contributed by atoms with Gasteiger partial charge in [-0.3, -0.25) is 0 Å². The largest absolute Gasteiger partial charge is 0.327 e. The minimum atomic E-state index is 0.425. The average Bonchev–Trinajstić information content (AvgIpc) is 2.29. The summed E-state index contributed by atoms with van der Waals surface area (Å²) in [5.41, 5.74) is 6.88. The van der Waals surface area contributed by atoms with Gasteiger partial charge < -0.3 is 10.6 Å². The summed E-state index contributed by atoms with van der Waals surface area (Å²) in [5.74, 6) is 1.55. The second-order valence-electron chi connectivity index (χ2n) is 8.28. The Labute approximate surface area is 130 Å². The van der Waals surface area contributed by atoms with E-state index in [4.69, 9.17) is 5.73 Å². The summed E-state index contributed by atoms with van der Waals surface area (Å²) in [6, 6.07) is 0.425. The van der Waals surface area contributed by atoms with Gasteiger partial charge in [-0.15, -0.1) is 0 Å². The van der Waals surface area contributed by atoms with Gasteiger partial charge in [-0.1, -0.05) is 34.6 Å². The van der Waals surface area contributed by atoms with Gasteiger partial charge in [-0.25, -0.2) is 0 Å². The van der Waals surface area contributed by atoms with Gasteiger partial charge in [0.05, 0.1) is 0 Å². The summed E-state index contributed by atoms with van der Waals surface area (Å²) in [4.78, 5) is 2.68. The van der Waals surface area contributed by atoms with Crippen LogP contribution >= 0.6 is 11.8 Å². The first-order valence-electron chi connectivity index (χ1n) is 8.39. The molecule has 2 aliphatic rings. The Kier molecular flexibility index (Phi) is 5.47. The Morgan fingerprint density at radius 3 is 2.25 bits per heavy atom. The first-order chi connectivity index (χ1) is 9.25. The van der Waals surface area contributed by atoms with E-state index in [2.05, 4.69) is 51.3 Å².